The minimum absolute atomic E-state index is 0.167. The molecule has 0 atom stereocenters. The summed E-state index contributed by atoms with van der Waals surface area (Å²) in [6.07, 6.45) is 0.848. The second-order valence-electron chi connectivity index (χ2n) is 7.15. The molecular weight excluding hydrogens is 360 g/mol. The van der Waals surface area contributed by atoms with E-state index in [4.69, 9.17) is 0 Å². The Kier molecular flexibility index (Phi) is 7.02. The summed E-state index contributed by atoms with van der Waals surface area (Å²) in [5, 5.41) is 2.83. The maximum Gasteiger partial charge on any atom is 0.264 e. The molecule has 0 spiro atoms. The molecular formula is C21H28N2O3S. The summed E-state index contributed by atoms with van der Waals surface area (Å²) in [7, 11) is -3.86. The highest BCUT2D eigenvalue weighted by Crippen LogP contribution is 2.27. The molecule has 0 heterocycles. The van der Waals surface area contributed by atoms with Gasteiger partial charge in [-0.1, -0.05) is 44.2 Å². The van der Waals surface area contributed by atoms with Crippen molar-refractivity contribution < 1.29 is 13.2 Å². The molecule has 2 aromatic carbocycles. The topological polar surface area (TPSA) is 66.5 Å². The minimum atomic E-state index is -3.86. The predicted molar refractivity (Wildman–Crippen MR) is 109 cm³/mol. The summed E-state index contributed by atoms with van der Waals surface area (Å²) >= 11 is 0. The van der Waals surface area contributed by atoms with Gasteiger partial charge in [-0.15, -0.1) is 0 Å². The molecule has 6 heteroatoms. The number of carbonyl (C=O) groups is 1. The molecule has 0 radical (unpaired) electrons. The number of rotatable bonds is 8. The molecule has 0 saturated heterocycles. The van der Waals surface area contributed by atoms with Gasteiger partial charge in [0.1, 0.15) is 6.54 Å². The molecule has 1 N–H and O–H groups in total. The van der Waals surface area contributed by atoms with Crippen molar-refractivity contribution in [2.45, 2.75) is 39.0 Å². The van der Waals surface area contributed by atoms with Crippen molar-refractivity contribution in [3.05, 3.63) is 59.7 Å². The van der Waals surface area contributed by atoms with E-state index in [1.807, 2.05) is 26.0 Å². The van der Waals surface area contributed by atoms with E-state index in [-0.39, 0.29) is 17.3 Å². The van der Waals surface area contributed by atoms with E-state index >= 15 is 0 Å². The summed E-state index contributed by atoms with van der Waals surface area (Å²) in [4.78, 5) is 12.6. The predicted octanol–water partition coefficient (Wildman–Crippen LogP) is 3.66. The van der Waals surface area contributed by atoms with E-state index in [1.54, 1.807) is 36.4 Å². The number of nitrogens with one attached hydrogen (secondary N) is 1. The molecule has 0 aromatic heterocycles. The lowest BCUT2D eigenvalue weighted by atomic mass is 10.1. The Bertz CT molecular complexity index is 878. The van der Waals surface area contributed by atoms with Gasteiger partial charge in [0, 0.05) is 6.54 Å². The van der Waals surface area contributed by atoms with E-state index in [0.29, 0.717) is 18.2 Å². The summed E-state index contributed by atoms with van der Waals surface area (Å²) < 4.78 is 27.7. The smallest absolute Gasteiger partial charge is 0.264 e. The van der Waals surface area contributed by atoms with Gasteiger partial charge in [-0.3, -0.25) is 9.10 Å². The number of aryl methyl sites for hydroxylation is 2. The van der Waals surface area contributed by atoms with Crippen LogP contribution in [0.3, 0.4) is 0 Å². The third-order valence-electron chi connectivity index (χ3n) is 4.30. The molecule has 1 amide bonds. The number of hydrogen-bond donors (Lipinski definition) is 1. The number of benzene rings is 2. The largest absolute Gasteiger partial charge is 0.355 e. The average Bonchev–Trinajstić information content (AvgIpc) is 2.62. The van der Waals surface area contributed by atoms with Crippen molar-refractivity contribution in [3.8, 4) is 0 Å². The quantitative estimate of drug-likeness (QED) is 0.750. The number of hydrogen-bond acceptors (Lipinski definition) is 3. The fourth-order valence-electron chi connectivity index (χ4n) is 2.69. The van der Waals surface area contributed by atoms with Gasteiger partial charge in [0.15, 0.2) is 0 Å². The normalized spacial score (nSPS) is 11.4. The second kappa shape index (κ2) is 9.04. The van der Waals surface area contributed by atoms with Crippen LogP contribution in [0.5, 0.6) is 0 Å². The van der Waals surface area contributed by atoms with Crippen LogP contribution in [0.4, 0.5) is 5.69 Å². The van der Waals surface area contributed by atoms with Crippen LogP contribution in [0.2, 0.25) is 0 Å². The molecule has 0 saturated carbocycles. The molecule has 0 fully saturated rings. The highest BCUT2D eigenvalue weighted by Gasteiger charge is 2.28. The Labute approximate surface area is 162 Å². The third-order valence-corrected chi connectivity index (χ3v) is 6.07. The van der Waals surface area contributed by atoms with E-state index < -0.39 is 10.0 Å². The van der Waals surface area contributed by atoms with Gasteiger partial charge < -0.3 is 5.32 Å². The van der Waals surface area contributed by atoms with Crippen molar-refractivity contribution in [2.24, 2.45) is 5.92 Å². The first-order valence-electron chi connectivity index (χ1n) is 9.13. The van der Waals surface area contributed by atoms with Gasteiger partial charge in [-0.2, -0.15) is 0 Å². The zero-order valence-corrected chi connectivity index (χ0v) is 17.2. The number of carbonyl (C=O) groups excluding carboxylic acids is 1. The summed E-state index contributed by atoms with van der Waals surface area (Å²) in [5.41, 5.74) is 2.26. The maximum absolute atomic E-state index is 13.3. The van der Waals surface area contributed by atoms with Crippen molar-refractivity contribution >= 4 is 21.6 Å². The van der Waals surface area contributed by atoms with Crippen LogP contribution in [0.15, 0.2) is 53.4 Å². The van der Waals surface area contributed by atoms with Crippen LogP contribution in [-0.2, 0) is 14.8 Å². The van der Waals surface area contributed by atoms with Crippen molar-refractivity contribution in [1.82, 2.24) is 5.32 Å². The first-order chi connectivity index (χ1) is 12.7. The molecule has 146 valence electrons. The monoisotopic (exact) mass is 388 g/mol. The van der Waals surface area contributed by atoms with Crippen LogP contribution in [0.25, 0.3) is 0 Å². The number of nitrogens with zero attached hydrogens (tertiary/aromatic N) is 1. The van der Waals surface area contributed by atoms with Crippen LogP contribution in [0.1, 0.15) is 31.4 Å². The Morgan fingerprint density at radius 2 is 1.74 bits per heavy atom. The van der Waals surface area contributed by atoms with Crippen LogP contribution in [0, 0.1) is 19.8 Å². The second-order valence-corrected chi connectivity index (χ2v) is 9.01. The highest BCUT2D eigenvalue weighted by atomic mass is 32.2. The van der Waals surface area contributed by atoms with Gasteiger partial charge in [-0.25, -0.2) is 8.42 Å². The molecule has 0 aliphatic carbocycles. The van der Waals surface area contributed by atoms with Gasteiger partial charge >= 0.3 is 0 Å². The molecule has 5 nitrogen and oxygen atoms in total. The fraction of sp³-hybridized carbons (Fsp3) is 0.381. The molecule has 0 aliphatic rings. The van der Waals surface area contributed by atoms with Crippen molar-refractivity contribution in [3.63, 3.8) is 0 Å². The lowest BCUT2D eigenvalue weighted by Crippen LogP contribution is -2.41. The minimum Gasteiger partial charge on any atom is -0.355 e. The van der Waals surface area contributed by atoms with Gasteiger partial charge in [0.05, 0.1) is 10.6 Å². The Balaban J connectivity index is 2.37. The SMILES string of the molecule is Cc1ccc(C)c(N(CC(=O)NCCC(C)C)S(=O)(=O)c2ccccc2)c1. The Hall–Kier alpha value is -2.34. The number of amides is 1. The third kappa shape index (κ3) is 5.57. The lowest BCUT2D eigenvalue weighted by Gasteiger charge is -2.26. The lowest BCUT2D eigenvalue weighted by molar-refractivity contribution is -0.119. The highest BCUT2D eigenvalue weighted by molar-refractivity contribution is 7.92. The maximum atomic E-state index is 13.3. The standard InChI is InChI=1S/C21H28N2O3S/c1-16(2)12-13-22-21(24)15-23(20-14-17(3)10-11-18(20)4)27(25,26)19-8-6-5-7-9-19/h5-11,14,16H,12-13,15H2,1-4H3,(H,22,24). The molecule has 0 unspecified atom stereocenters. The zero-order chi connectivity index (χ0) is 20.0. The van der Waals surface area contributed by atoms with E-state index in [1.165, 1.54) is 4.31 Å². The van der Waals surface area contributed by atoms with Gasteiger partial charge in [0.25, 0.3) is 10.0 Å². The molecule has 2 rings (SSSR count). The first-order valence-corrected chi connectivity index (χ1v) is 10.6. The molecule has 2 aromatic rings. The number of anilines is 1. The average molecular weight is 389 g/mol. The Morgan fingerprint density at radius 3 is 2.37 bits per heavy atom. The van der Waals surface area contributed by atoms with Gasteiger partial charge in [-0.05, 0) is 55.5 Å². The van der Waals surface area contributed by atoms with Crippen LogP contribution in [-0.4, -0.2) is 27.4 Å². The first kappa shape index (κ1) is 21.0. The molecule has 0 bridgehead atoms. The summed E-state index contributed by atoms with van der Waals surface area (Å²) in [6.45, 7) is 8.18. The Morgan fingerprint density at radius 1 is 1.07 bits per heavy atom. The summed E-state index contributed by atoms with van der Waals surface area (Å²) in [6, 6.07) is 13.8. The number of sulfonamides is 1. The molecule has 27 heavy (non-hydrogen) atoms. The molecule has 0 aliphatic heterocycles. The van der Waals surface area contributed by atoms with Gasteiger partial charge in [0.2, 0.25) is 5.91 Å². The summed E-state index contributed by atoms with van der Waals surface area (Å²) in [5.74, 6) is 0.157. The fourth-order valence-corrected chi connectivity index (χ4v) is 4.19. The van der Waals surface area contributed by atoms with Crippen molar-refractivity contribution in [1.29, 1.82) is 0 Å². The van der Waals surface area contributed by atoms with E-state index in [2.05, 4.69) is 19.2 Å². The van der Waals surface area contributed by atoms with Crippen molar-refractivity contribution in [2.75, 3.05) is 17.4 Å². The van der Waals surface area contributed by atoms with Crippen LogP contribution >= 0.6 is 0 Å². The zero-order valence-electron chi connectivity index (χ0n) is 16.4. The van der Waals surface area contributed by atoms with E-state index in [9.17, 15) is 13.2 Å². The van der Waals surface area contributed by atoms with E-state index in [0.717, 1.165) is 17.5 Å². The van der Waals surface area contributed by atoms with Crippen LogP contribution < -0.4 is 9.62 Å².